The van der Waals surface area contributed by atoms with Crippen molar-refractivity contribution in [2.75, 3.05) is 60.5 Å². The lowest BCUT2D eigenvalue weighted by Gasteiger charge is -2.52. The molecule has 20 heavy (non-hydrogen) atoms. The SMILES string of the molecule is CN1CCC2(CC1)CCN(C)C(C1COCCN1C)C2. The Morgan fingerprint density at radius 3 is 2.20 bits per heavy atom. The Morgan fingerprint density at radius 1 is 0.850 bits per heavy atom. The highest BCUT2D eigenvalue weighted by molar-refractivity contribution is 4.98. The van der Waals surface area contributed by atoms with Crippen molar-refractivity contribution in [3.8, 4) is 0 Å². The van der Waals surface area contributed by atoms with E-state index in [-0.39, 0.29) is 0 Å². The maximum absolute atomic E-state index is 5.77. The van der Waals surface area contributed by atoms with Crippen molar-refractivity contribution >= 4 is 0 Å². The average molecular weight is 281 g/mol. The summed E-state index contributed by atoms with van der Waals surface area (Å²) in [6, 6.07) is 1.27. The number of rotatable bonds is 1. The quantitative estimate of drug-likeness (QED) is 0.717. The molecule has 0 aromatic rings. The number of nitrogens with zero attached hydrogens (tertiary/aromatic N) is 3. The Balaban J connectivity index is 1.69. The maximum Gasteiger partial charge on any atom is 0.0637 e. The molecular weight excluding hydrogens is 250 g/mol. The highest BCUT2D eigenvalue weighted by Gasteiger charge is 2.44. The maximum atomic E-state index is 5.77. The van der Waals surface area contributed by atoms with Gasteiger partial charge in [0.15, 0.2) is 0 Å². The number of morpholine rings is 1. The lowest BCUT2D eigenvalue weighted by atomic mass is 9.68. The van der Waals surface area contributed by atoms with Gasteiger partial charge in [-0.25, -0.2) is 0 Å². The molecule has 3 aliphatic rings. The molecule has 0 saturated carbocycles. The number of likely N-dealkylation sites (N-methyl/N-ethyl adjacent to an activating group) is 2. The van der Waals surface area contributed by atoms with Crippen molar-refractivity contribution in [3.63, 3.8) is 0 Å². The van der Waals surface area contributed by atoms with E-state index in [1.54, 1.807) is 0 Å². The van der Waals surface area contributed by atoms with Crippen LogP contribution >= 0.6 is 0 Å². The molecule has 0 N–H and O–H groups in total. The normalized spacial score (nSPS) is 37.4. The van der Waals surface area contributed by atoms with E-state index in [1.807, 2.05) is 0 Å². The fourth-order valence-electron chi connectivity index (χ4n) is 4.37. The molecule has 0 amide bonds. The van der Waals surface area contributed by atoms with Crippen molar-refractivity contribution in [1.29, 1.82) is 0 Å². The van der Waals surface area contributed by atoms with Gasteiger partial charge in [0, 0.05) is 18.6 Å². The van der Waals surface area contributed by atoms with Crippen LogP contribution in [0.2, 0.25) is 0 Å². The minimum absolute atomic E-state index is 0.589. The van der Waals surface area contributed by atoms with Crippen LogP contribution in [0.1, 0.15) is 25.7 Å². The zero-order valence-electron chi connectivity index (χ0n) is 13.5. The Hall–Kier alpha value is -0.160. The Bertz CT molecular complexity index is 322. The van der Waals surface area contributed by atoms with Gasteiger partial charge in [-0.15, -0.1) is 0 Å². The van der Waals surface area contributed by atoms with Crippen molar-refractivity contribution in [3.05, 3.63) is 0 Å². The molecule has 0 bridgehead atoms. The summed E-state index contributed by atoms with van der Waals surface area (Å²) in [5.74, 6) is 0. The molecule has 0 aromatic carbocycles. The first-order chi connectivity index (χ1) is 9.60. The summed E-state index contributed by atoms with van der Waals surface area (Å²) >= 11 is 0. The minimum Gasteiger partial charge on any atom is -0.378 e. The molecule has 3 aliphatic heterocycles. The van der Waals surface area contributed by atoms with Crippen molar-refractivity contribution in [2.45, 2.75) is 37.8 Å². The van der Waals surface area contributed by atoms with Gasteiger partial charge in [0.2, 0.25) is 0 Å². The number of ether oxygens (including phenoxy) is 1. The van der Waals surface area contributed by atoms with E-state index in [9.17, 15) is 0 Å². The Labute approximate surface area is 124 Å². The van der Waals surface area contributed by atoms with Crippen LogP contribution in [-0.4, -0.2) is 87.3 Å². The summed E-state index contributed by atoms with van der Waals surface area (Å²) in [4.78, 5) is 7.62. The molecule has 2 atom stereocenters. The fraction of sp³-hybridized carbons (Fsp3) is 1.00. The lowest BCUT2D eigenvalue weighted by Crippen LogP contribution is -2.60. The van der Waals surface area contributed by atoms with E-state index in [4.69, 9.17) is 4.74 Å². The van der Waals surface area contributed by atoms with Crippen LogP contribution in [0.3, 0.4) is 0 Å². The predicted octanol–water partition coefficient (Wildman–Crippen LogP) is 1.12. The minimum atomic E-state index is 0.589. The average Bonchev–Trinajstić information content (AvgIpc) is 2.46. The largest absolute Gasteiger partial charge is 0.378 e. The van der Waals surface area contributed by atoms with E-state index in [0.717, 1.165) is 19.8 Å². The number of hydrogen-bond donors (Lipinski definition) is 0. The van der Waals surface area contributed by atoms with E-state index in [0.29, 0.717) is 17.5 Å². The van der Waals surface area contributed by atoms with Crippen LogP contribution in [-0.2, 0) is 4.74 Å². The Morgan fingerprint density at radius 2 is 1.50 bits per heavy atom. The van der Waals surface area contributed by atoms with Crippen LogP contribution in [0.25, 0.3) is 0 Å². The van der Waals surface area contributed by atoms with Gasteiger partial charge < -0.3 is 14.5 Å². The molecule has 0 radical (unpaired) electrons. The van der Waals surface area contributed by atoms with Crippen LogP contribution in [0.15, 0.2) is 0 Å². The van der Waals surface area contributed by atoms with E-state index >= 15 is 0 Å². The topological polar surface area (TPSA) is 19.0 Å². The smallest absolute Gasteiger partial charge is 0.0637 e. The molecule has 2 unspecified atom stereocenters. The van der Waals surface area contributed by atoms with Crippen LogP contribution in [0.4, 0.5) is 0 Å². The van der Waals surface area contributed by atoms with E-state index < -0.39 is 0 Å². The van der Waals surface area contributed by atoms with Gasteiger partial charge in [-0.2, -0.15) is 0 Å². The fourth-order valence-corrected chi connectivity index (χ4v) is 4.37. The van der Waals surface area contributed by atoms with Gasteiger partial charge in [0.25, 0.3) is 0 Å². The molecular formula is C16H31N3O. The van der Waals surface area contributed by atoms with Gasteiger partial charge in [0.05, 0.1) is 13.2 Å². The second kappa shape index (κ2) is 5.91. The summed E-state index contributed by atoms with van der Waals surface area (Å²) in [6.07, 6.45) is 5.55. The standard InChI is InChI=1S/C16H31N3O/c1-17-7-4-16(5-8-17)6-9-18(2)14(12-16)15-13-20-11-10-19(15)3/h14-15H,4-13H2,1-3H3. The van der Waals surface area contributed by atoms with Crippen molar-refractivity contribution in [2.24, 2.45) is 5.41 Å². The molecule has 3 heterocycles. The summed E-state index contributed by atoms with van der Waals surface area (Å²) in [6.45, 7) is 6.74. The third kappa shape index (κ3) is 2.89. The monoisotopic (exact) mass is 281 g/mol. The number of likely N-dealkylation sites (tertiary alicyclic amines) is 2. The van der Waals surface area contributed by atoms with Gasteiger partial charge in [-0.1, -0.05) is 0 Å². The molecule has 3 rings (SSSR count). The zero-order valence-corrected chi connectivity index (χ0v) is 13.5. The molecule has 1 spiro atoms. The van der Waals surface area contributed by atoms with Crippen molar-refractivity contribution < 1.29 is 4.74 Å². The van der Waals surface area contributed by atoms with Gasteiger partial charge in [-0.05, 0) is 71.9 Å². The van der Waals surface area contributed by atoms with E-state index in [2.05, 4.69) is 35.8 Å². The van der Waals surface area contributed by atoms with Gasteiger partial charge in [0.1, 0.15) is 0 Å². The van der Waals surface area contributed by atoms with Crippen molar-refractivity contribution in [1.82, 2.24) is 14.7 Å². The second-order valence-corrected chi connectivity index (χ2v) is 7.43. The summed E-state index contributed by atoms with van der Waals surface area (Å²) in [7, 11) is 6.86. The Kier molecular flexibility index (Phi) is 4.37. The lowest BCUT2D eigenvalue weighted by molar-refractivity contribution is -0.0646. The summed E-state index contributed by atoms with van der Waals surface area (Å²) < 4.78 is 5.77. The van der Waals surface area contributed by atoms with Gasteiger partial charge in [-0.3, -0.25) is 4.90 Å². The first-order valence-electron chi connectivity index (χ1n) is 8.26. The van der Waals surface area contributed by atoms with Gasteiger partial charge >= 0.3 is 0 Å². The van der Waals surface area contributed by atoms with Crippen LogP contribution < -0.4 is 0 Å². The van der Waals surface area contributed by atoms with E-state index in [1.165, 1.54) is 45.3 Å². The number of piperidine rings is 2. The number of hydrogen-bond acceptors (Lipinski definition) is 4. The molecule has 3 saturated heterocycles. The third-order valence-electron chi connectivity index (χ3n) is 6.14. The first kappa shape index (κ1) is 14.8. The second-order valence-electron chi connectivity index (χ2n) is 7.43. The highest BCUT2D eigenvalue weighted by atomic mass is 16.5. The predicted molar refractivity (Wildman–Crippen MR) is 82.1 cm³/mol. The third-order valence-corrected chi connectivity index (χ3v) is 6.14. The highest BCUT2D eigenvalue weighted by Crippen LogP contribution is 2.44. The summed E-state index contributed by atoms with van der Waals surface area (Å²) in [5, 5.41) is 0. The molecule has 3 fully saturated rings. The molecule has 0 aromatic heterocycles. The van der Waals surface area contributed by atoms with Crippen LogP contribution in [0, 0.1) is 5.41 Å². The zero-order chi connectivity index (χ0) is 14.2. The molecule has 116 valence electrons. The molecule has 4 heteroatoms. The molecule has 0 aliphatic carbocycles. The van der Waals surface area contributed by atoms with Crippen LogP contribution in [0.5, 0.6) is 0 Å². The summed E-state index contributed by atoms with van der Waals surface area (Å²) in [5.41, 5.74) is 0.613. The molecule has 4 nitrogen and oxygen atoms in total. The first-order valence-corrected chi connectivity index (χ1v) is 8.26.